The van der Waals surface area contributed by atoms with Gasteiger partial charge in [-0.1, -0.05) is 18.3 Å². The predicted molar refractivity (Wildman–Crippen MR) is 136 cm³/mol. The molecule has 3 aromatic heterocycles. The number of thiazole rings is 1. The third-order valence-corrected chi connectivity index (χ3v) is 7.17. The summed E-state index contributed by atoms with van der Waals surface area (Å²) >= 11 is 8.68. The van der Waals surface area contributed by atoms with E-state index in [2.05, 4.69) is 25.6 Å². The largest absolute Gasteiger partial charge is 0.476 e. The molecule has 4 aromatic rings. The van der Waals surface area contributed by atoms with Gasteiger partial charge in [0.2, 0.25) is 11.0 Å². The number of hydrogen-bond acceptors (Lipinski definition) is 10. The third kappa shape index (κ3) is 6.31. The number of nitrogens with one attached hydrogen (secondary N) is 1. The highest BCUT2D eigenvalue weighted by atomic mass is 35.5. The molecule has 1 atom stereocenters. The summed E-state index contributed by atoms with van der Waals surface area (Å²) in [4.78, 5) is 17.4. The highest BCUT2D eigenvalue weighted by Crippen LogP contribution is 2.33. The van der Waals surface area contributed by atoms with Gasteiger partial charge in [0.25, 0.3) is 0 Å². The highest BCUT2D eigenvalue weighted by molar-refractivity contribution is 7.99. The number of halogens is 1. The fourth-order valence-electron chi connectivity index (χ4n) is 2.79. The van der Waals surface area contributed by atoms with E-state index in [-0.39, 0.29) is 19.1 Å². The highest BCUT2D eigenvalue weighted by Gasteiger charge is 2.24. The first kappa shape index (κ1) is 25.4. The molecule has 0 saturated heterocycles. The molecule has 3 heterocycles. The number of carbonyl (C=O) groups excluding carboxylic acids is 1. The Morgan fingerprint density at radius 1 is 1.23 bits per heavy atom. The molecule has 186 valence electrons. The zero-order chi connectivity index (χ0) is 25.2. The summed E-state index contributed by atoms with van der Waals surface area (Å²) in [6.07, 6.45) is -0.546. The molecule has 4 rings (SSSR count). The van der Waals surface area contributed by atoms with E-state index in [9.17, 15) is 9.90 Å². The van der Waals surface area contributed by atoms with E-state index in [0.29, 0.717) is 21.8 Å². The Labute approximate surface area is 215 Å². The molecule has 0 aliphatic carbocycles. The quantitative estimate of drug-likeness (QED) is 0.304. The lowest BCUT2D eigenvalue weighted by molar-refractivity contribution is 0.0636. The molecule has 0 fully saturated rings. The zero-order valence-corrected chi connectivity index (χ0v) is 22.0. The molecular weight excluding hydrogens is 512 g/mol. The Hall–Kier alpha value is -2.67. The Bertz CT molecular complexity index is 1350. The fraction of sp³-hybridized carbons (Fsp3) is 0.409. The molecule has 0 radical (unpaired) electrons. The van der Waals surface area contributed by atoms with Crippen LogP contribution >= 0.6 is 34.7 Å². The van der Waals surface area contributed by atoms with Crippen molar-refractivity contribution in [1.82, 2.24) is 24.8 Å². The Balaban J connectivity index is 1.50. The van der Waals surface area contributed by atoms with Crippen molar-refractivity contribution < 1.29 is 19.4 Å². The van der Waals surface area contributed by atoms with Gasteiger partial charge in [0, 0.05) is 22.3 Å². The number of rotatable bonds is 8. The Kier molecular flexibility index (Phi) is 7.36. The average molecular weight is 537 g/mol. The molecule has 2 N–H and O–H groups in total. The van der Waals surface area contributed by atoms with Crippen LogP contribution in [0.25, 0.3) is 15.9 Å². The van der Waals surface area contributed by atoms with Crippen LogP contribution in [0.2, 0.25) is 0 Å². The lowest BCUT2D eigenvalue weighted by Crippen LogP contribution is -2.31. The second-order valence-corrected chi connectivity index (χ2v) is 11.5. The lowest BCUT2D eigenvalue weighted by atomic mass is 9.96. The Morgan fingerprint density at radius 3 is 2.74 bits per heavy atom. The predicted octanol–water partition coefficient (Wildman–Crippen LogP) is 4.85. The van der Waals surface area contributed by atoms with E-state index < -0.39 is 17.1 Å². The second-order valence-electron chi connectivity index (χ2n) is 9.19. The van der Waals surface area contributed by atoms with Crippen LogP contribution in [-0.2, 0) is 4.74 Å². The minimum absolute atomic E-state index is 0.0957. The van der Waals surface area contributed by atoms with Crippen LogP contribution in [0.1, 0.15) is 27.7 Å². The van der Waals surface area contributed by atoms with E-state index in [0.717, 1.165) is 15.1 Å². The van der Waals surface area contributed by atoms with Gasteiger partial charge in [-0.2, -0.15) is 4.52 Å². The summed E-state index contributed by atoms with van der Waals surface area (Å²) in [6, 6.07) is 9.22. The maximum Gasteiger partial charge on any atom is 0.413 e. The van der Waals surface area contributed by atoms with Gasteiger partial charge in [0.15, 0.2) is 10.8 Å². The zero-order valence-electron chi connectivity index (χ0n) is 19.6. The van der Waals surface area contributed by atoms with Gasteiger partial charge in [-0.05, 0) is 56.8 Å². The van der Waals surface area contributed by atoms with Crippen molar-refractivity contribution in [3.05, 3.63) is 30.3 Å². The summed E-state index contributed by atoms with van der Waals surface area (Å²) in [5.74, 6) is 0.633. The molecule has 1 amide bonds. The van der Waals surface area contributed by atoms with Crippen molar-refractivity contribution >= 4 is 61.8 Å². The number of aliphatic hydroxyl groups excluding tert-OH is 1. The molecule has 0 saturated carbocycles. The maximum absolute atomic E-state index is 12.0. The molecule has 1 aromatic carbocycles. The summed E-state index contributed by atoms with van der Waals surface area (Å²) in [5.41, 5.74) is 0.179. The monoisotopic (exact) mass is 536 g/mol. The number of alkyl halides is 1. The van der Waals surface area contributed by atoms with Crippen LogP contribution in [0.5, 0.6) is 5.88 Å². The van der Waals surface area contributed by atoms with Crippen LogP contribution < -0.4 is 10.1 Å². The van der Waals surface area contributed by atoms with E-state index in [1.165, 1.54) is 23.1 Å². The SMILES string of the molecule is CC(CO)(CCl)COc1ccc2nnc(Sc3ccc4nc(NC(=O)OC(C)(C)C)sc4c3)n2n1. The average Bonchev–Trinajstić information content (AvgIpc) is 3.39. The van der Waals surface area contributed by atoms with Gasteiger partial charge in [-0.3, -0.25) is 5.32 Å². The number of carbonyl (C=O) groups is 1. The fourth-order valence-corrected chi connectivity index (χ4v) is 4.74. The van der Waals surface area contributed by atoms with Crippen LogP contribution in [-0.4, -0.2) is 60.7 Å². The third-order valence-electron chi connectivity index (χ3n) is 4.66. The standard InChI is InChI=1S/C22H25ClN6O4S2/c1-21(2,3)33-20(31)25-18-24-14-6-5-13(9-15(14)35-18)34-19-27-26-16-7-8-17(28-29(16)19)32-12-22(4,10-23)11-30/h5-9,30H,10-12H2,1-4H3,(H,24,25,31). The van der Waals surface area contributed by atoms with E-state index >= 15 is 0 Å². The number of hydrogen-bond donors (Lipinski definition) is 2. The summed E-state index contributed by atoms with van der Waals surface area (Å²) in [5, 5.41) is 26.1. The molecule has 35 heavy (non-hydrogen) atoms. The van der Waals surface area contributed by atoms with Gasteiger partial charge in [0.1, 0.15) is 5.60 Å². The summed E-state index contributed by atoms with van der Waals surface area (Å²) in [7, 11) is 0. The van der Waals surface area contributed by atoms with Crippen LogP contribution in [0.4, 0.5) is 9.93 Å². The number of anilines is 1. The minimum Gasteiger partial charge on any atom is -0.476 e. The number of fused-ring (bicyclic) bond motifs is 2. The van der Waals surface area contributed by atoms with E-state index in [1.807, 2.05) is 25.1 Å². The first-order valence-electron chi connectivity index (χ1n) is 10.7. The van der Waals surface area contributed by atoms with Crippen LogP contribution in [0.15, 0.2) is 40.4 Å². The van der Waals surface area contributed by atoms with Crippen molar-refractivity contribution in [3.8, 4) is 5.88 Å². The van der Waals surface area contributed by atoms with Crippen molar-refractivity contribution in [2.75, 3.05) is 24.4 Å². The number of aliphatic hydroxyl groups is 1. The number of aromatic nitrogens is 5. The number of ether oxygens (including phenoxy) is 2. The lowest BCUT2D eigenvalue weighted by Gasteiger charge is -2.23. The van der Waals surface area contributed by atoms with Gasteiger partial charge in [-0.25, -0.2) is 9.78 Å². The first-order valence-corrected chi connectivity index (χ1v) is 12.8. The van der Waals surface area contributed by atoms with Crippen molar-refractivity contribution in [1.29, 1.82) is 0 Å². The molecule has 0 spiro atoms. The molecule has 0 aliphatic rings. The van der Waals surface area contributed by atoms with Gasteiger partial charge in [-0.15, -0.1) is 26.9 Å². The first-order chi connectivity index (χ1) is 16.6. The number of amides is 1. The van der Waals surface area contributed by atoms with Crippen molar-refractivity contribution in [2.24, 2.45) is 5.41 Å². The topological polar surface area (TPSA) is 124 Å². The summed E-state index contributed by atoms with van der Waals surface area (Å²) in [6.45, 7) is 7.37. The molecule has 1 unspecified atom stereocenters. The second kappa shape index (κ2) is 10.1. The molecule has 10 nitrogen and oxygen atoms in total. The van der Waals surface area contributed by atoms with Crippen molar-refractivity contribution in [2.45, 2.75) is 43.3 Å². The smallest absolute Gasteiger partial charge is 0.413 e. The van der Waals surface area contributed by atoms with E-state index in [4.69, 9.17) is 21.1 Å². The molecule has 0 aliphatic heterocycles. The summed E-state index contributed by atoms with van der Waals surface area (Å²) < 4.78 is 13.6. The van der Waals surface area contributed by atoms with Crippen LogP contribution in [0.3, 0.4) is 0 Å². The molecule has 0 bridgehead atoms. The van der Waals surface area contributed by atoms with Crippen LogP contribution in [0, 0.1) is 5.41 Å². The van der Waals surface area contributed by atoms with Gasteiger partial charge in [0.05, 0.1) is 23.4 Å². The number of nitrogens with zero attached hydrogens (tertiary/aromatic N) is 5. The molecular formula is C22H25ClN6O4S2. The van der Waals surface area contributed by atoms with E-state index in [1.54, 1.807) is 37.4 Å². The van der Waals surface area contributed by atoms with Crippen molar-refractivity contribution in [3.63, 3.8) is 0 Å². The maximum atomic E-state index is 12.0. The minimum atomic E-state index is -0.590. The Morgan fingerprint density at radius 2 is 2.03 bits per heavy atom. The molecule has 13 heteroatoms. The van der Waals surface area contributed by atoms with Gasteiger partial charge >= 0.3 is 6.09 Å². The van der Waals surface area contributed by atoms with Gasteiger partial charge < -0.3 is 14.6 Å². The number of benzene rings is 1. The normalized spacial score (nSPS) is 13.7.